The Morgan fingerprint density at radius 2 is 1.06 bits per heavy atom. The van der Waals surface area contributed by atoms with Crippen LogP contribution in [0.2, 0.25) is 0 Å². The number of aliphatic hydroxyl groups is 4. The molecular formula is C12H28N2O4. The molecule has 0 radical (unpaired) electrons. The molecule has 0 rings (SSSR count). The summed E-state index contributed by atoms with van der Waals surface area (Å²) < 4.78 is 0. The summed E-state index contributed by atoms with van der Waals surface area (Å²) in [5.41, 5.74) is 0. The van der Waals surface area contributed by atoms with Gasteiger partial charge in [0.15, 0.2) is 0 Å². The predicted octanol–water partition coefficient (Wildman–Crippen LogP) is -1.66. The van der Waals surface area contributed by atoms with Crippen molar-refractivity contribution in [3.05, 3.63) is 0 Å². The minimum Gasteiger partial charge on any atom is -0.395 e. The Labute approximate surface area is 109 Å². The van der Waals surface area contributed by atoms with Crippen LogP contribution in [0.15, 0.2) is 0 Å². The second-order valence-corrected chi connectivity index (χ2v) is 4.75. The largest absolute Gasteiger partial charge is 0.395 e. The predicted molar refractivity (Wildman–Crippen MR) is 70.4 cm³/mol. The average Bonchev–Trinajstić information content (AvgIpc) is 2.24. The number of rotatable bonds is 11. The SMILES string of the molecule is C[C@@H](O)CN(CCO)CCN(CCO)C[C@@H](C)O. The van der Waals surface area contributed by atoms with E-state index in [9.17, 15) is 10.2 Å². The molecule has 6 heteroatoms. The van der Waals surface area contributed by atoms with Crippen LogP contribution < -0.4 is 0 Å². The van der Waals surface area contributed by atoms with E-state index >= 15 is 0 Å². The van der Waals surface area contributed by atoms with Crippen LogP contribution in [0, 0.1) is 0 Å². The molecule has 0 aliphatic rings. The summed E-state index contributed by atoms with van der Waals surface area (Å²) in [6.07, 6.45) is -0.862. The number of hydrogen-bond donors (Lipinski definition) is 4. The Kier molecular flexibility index (Phi) is 10.5. The van der Waals surface area contributed by atoms with Gasteiger partial charge in [-0.3, -0.25) is 9.80 Å². The zero-order valence-electron chi connectivity index (χ0n) is 11.5. The molecule has 0 amide bonds. The van der Waals surface area contributed by atoms with Crippen LogP contribution >= 0.6 is 0 Å². The molecule has 0 aromatic carbocycles. The van der Waals surface area contributed by atoms with E-state index in [-0.39, 0.29) is 13.2 Å². The minimum absolute atomic E-state index is 0.0587. The van der Waals surface area contributed by atoms with Gasteiger partial charge in [0.25, 0.3) is 0 Å². The smallest absolute Gasteiger partial charge is 0.0639 e. The van der Waals surface area contributed by atoms with Crippen LogP contribution in [-0.2, 0) is 0 Å². The van der Waals surface area contributed by atoms with Crippen LogP contribution in [0.1, 0.15) is 13.8 Å². The molecule has 0 aliphatic heterocycles. The van der Waals surface area contributed by atoms with E-state index in [1.54, 1.807) is 13.8 Å². The summed E-state index contributed by atoms with van der Waals surface area (Å²) in [5, 5.41) is 36.6. The third-order valence-corrected chi connectivity index (χ3v) is 2.61. The molecule has 0 heterocycles. The lowest BCUT2D eigenvalue weighted by molar-refractivity contribution is 0.0801. The molecule has 0 aliphatic carbocycles. The molecule has 110 valence electrons. The summed E-state index contributed by atoms with van der Waals surface area (Å²) in [7, 11) is 0. The topological polar surface area (TPSA) is 87.4 Å². The monoisotopic (exact) mass is 264 g/mol. The highest BCUT2D eigenvalue weighted by Gasteiger charge is 2.12. The second-order valence-electron chi connectivity index (χ2n) is 4.75. The van der Waals surface area contributed by atoms with E-state index in [0.717, 1.165) is 0 Å². The highest BCUT2D eigenvalue weighted by atomic mass is 16.3. The quantitative estimate of drug-likeness (QED) is 0.357. The minimum atomic E-state index is -0.431. The molecule has 0 spiro atoms. The average molecular weight is 264 g/mol. The first-order valence-corrected chi connectivity index (χ1v) is 6.52. The van der Waals surface area contributed by atoms with Crippen molar-refractivity contribution in [2.24, 2.45) is 0 Å². The van der Waals surface area contributed by atoms with Gasteiger partial charge < -0.3 is 20.4 Å². The van der Waals surface area contributed by atoms with Gasteiger partial charge in [0, 0.05) is 39.3 Å². The summed E-state index contributed by atoms with van der Waals surface area (Å²) >= 11 is 0. The Balaban J connectivity index is 4.09. The van der Waals surface area contributed by atoms with E-state index in [4.69, 9.17) is 10.2 Å². The first kappa shape index (κ1) is 17.8. The van der Waals surface area contributed by atoms with Crippen LogP contribution in [0.25, 0.3) is 0 Å². The van der Waals surface area contributed by atoms with Crippen molar-refractivity contribution in [1.82, 2.24) is 9.80 Å². The molecule has 0 aromatic rings. The van der Waals surface area contributed by atoms with Crippen LogP contribution in [0.4, 0.5) is 0 Å². The normalized spacial score (nSPS) is 15.3. The lowest BCUT2D eigenvalue weighted by Gasteiger charge is -2.28. The Morgan fingerprint density at radius 1 is 0.722 bits per heavy atom. The molecule has 0 aromatic heterocycles. The summed E-state index contributed by atoms with van der Waals surface area (Å²) in [5.74, 6) is 0. The molecule has 0 saturated heterocycles. The fraction of sp³-hybridized carbons (Fsp3) is 1.00. The van der Waals surface area contributed by atoms with E-state index < -0.39 is 12.2 Å². The maximum Gasteiger partial charge on any atom is 0.0639 e. The molecule has 2 atom stereocenters. The lowest BCUT2D eigenvalue weighted by Crippen LogP contribution is -2.42. The summed E-state index contributed by atoms with van der Waals surface area (Å²) in [6, 6.07) is 0. The fourth-order valence-electron chi connectivity index (χ4n) is 1.90. The van der Waals surface area contributed by atoms with Gasteiger partial charge in [0.2, 0.25) is 0 Å². The molecule has 4 N–H and O–H groups in total. The molecule has 0 saturated carbocycles. The molecular weight excluding hydrogens is 236 g/mol. The zero-order valence-corrected chi connectivity index (χ0v) is 11.5. The van der Waals surface area contributed by atoms with Crippen molar-refractivity contribution in [2.75, 3.05) is 52.5 Å². The van der Waals surface area contributed by atoms with Crippen LogP contribution in [0.5, 0.6) is 0 Å². The number of nitrogens with zero attached hydrogens (tertiary/aromatic N) is 2. The Morgan fingerprint density at radius 3 is 1.28 bits per heavy atom. The maximum atomic E-state index is 9.35. The zero-order chi connectivity index (χ0) is 14.0. The van der Waals surface area contributed by atoms with Crippen molar-refractivity contribution in [2.45, 2.75) is 26.1 Å². The van der Waals surface area contributed by atoms with Crippen molar-refractivity contribution in [3.8, 4) is 0 Å². The van der Waals surface area contributed by atoms with Gasteiger partial charge in [0.05, 0.1) is 25.4 Å². The van der Waals surface area contributed by atoms with E-state index in [1.807, 2.05) is 9.80 Å². The van der Waals surface area contributed by atoms with E-state index in [1.165, 1.54) is 0 Å². The maximum absolute atomic E-state index is 9.35. The number of hydrogen-bond acceptors (Lipinski definition) is 6. The third kappa shape index (κ3) is 9.76. The molecule has 18 heavy (non-hydrogen) atoms. The molecule has 0 bridgehead atoms. The Hall–Kier alpha value is -0.240. The van der Waals surface area contributed by atoms with Gasteiger partial charge in [-0.1, -0.05) is 0 Å². The highest BCUT2D eigenvalue weighted by Crippen LogP contribution is 1.97. The Bertz CT molecular complexity index is 171. The molecule has 0 unspecified atom stereocenters. The molecule has 6 nitrogen and oxygen atoms in total. The fourth-order valence-corrected chi connectivity index (χ4v) is 1.90. The van der Waals surface area contributed by atoms with Crippen molar-refractivity contribution in [1.29, 1.82) is 0 Å². The lowest BCUT2D eigenvalue weighted by atomic mass is 10.3. The van der Waals surface area contributed by atoms with Crippen LogP contribution in [0.3, 0.4) is 0 Å². The van der Waals surface area contributed by atoms with Crippen molar-refractivity contribution >= 4 is 0 Å². The summed E-state index contributed by atoms with van der Waals surface area (Å²) in [4.78, 5) is 3.94. The van der Waals surface area contributed by atoms with Crippen molar-refractivity contribution in [3.63, 3.8) is 0 Å². The first-order valence-electron chi connectivity index (χ1n) is 6.52. The van der Waals surface area contributed by atoms with Gasteiger partial charge in [-0.15, -0.1) is 0 Å². The van der Waals surface area contributed by atoms with Gasteiger partial charge in [-0.2, -0.15) is 0 Å². The van der Waals surface area contributed by atoms with E-state index in [0.29, 0.717) is 39.3 Å². The highest BCUT2D eigenvalue weighted by molar-refractivity contribution is 4.67. The van der Waals surface area contributed by atoms with Crippen LogP contribution in [-0.4, -0.2) is 94.9 Å². The van der Waals surface area contributed by atoms with Crippen molar-refractivity contribution < 1.29 is 20.4 Å². The third-order valence-electron chi connectivity index (χ3n) is 2.61. The van der Waals surface area contributed by atoms with Gasteiger partial charge in [-0.25, -0.2) is 0 Å². The second kappa shape index (κ2) is 10.7. The van der Waals surface area contributed by atoms with Gasteiger partial charge in [0.1, 0.15) is 0 Å². The number of aliphatic hydroxyl groups excluding tert-OH is 4. The molecule has 0 fully saturated rings. The standard InChI is InChI=1S/C12H28N2O4/c1-11(17)9-13(5-7-15)3-4-14(6-8-16)10-12(2)18/h11-12,15-18H,3-10H2,1-2H3/t11-,12-/m1/s1. The van der Waals surface area contributed by atoms with E-state index in [2.05, 4.69) is 0 Å². The first-order chi connectivity index (χ1) is 8.49. The summed E-state index contributed by atoms with van der Waals surface area (Å²) in [6.45, 7) is 7.00. The van der Waals surface area contributed by atoms with Gasteiger partial charge >= 0.3 is 0 Å². The van der Waals surface area contributed by atoms with Gasteiger partial charge in [-0.05, 0) is 13.8 Å².